The minimum Gasteiger partial charge on any atom is -0.494 e. The molecule has 0 fully saturated rings. The molecular formula is C18H15Br3N2O2. The quantitative estimate of drug-likeness (QED) is 0.512. The number of ether oxygens (including phenoxy) is 1. The molecule has 0 saturated heterocycles. The fourth-order valence-corrected chi connectivity index (χ4v) is 4.80. The molecule has 0 aliphatic carbocycles. The number of carbonyl (C=O) groups excluding carboxylic acids is 1. The van der Waals surface area contributed by atoms with Crippen molar-refractivity contribution in [2.45, 2.75) is 19.4 Å². The summed E-state index contributed by atoms with van der Waals surface area (Å²) in [4.78, 5) is 12.1. The van der Waals surface area contributed by atoms with E-state index in [0.717, 1.165) is 36.0 Å². The lowest BCUT2D eigenvalue weighted by molar-refractivity contribution is -0.130. The smallest absolute Gasteiger partial charge is 0.240 e. The Bertz CT molecular complexity index is 844. The highest BCUT2D eigenvalue weighted by atomic mass is 79.9. The highest BCUT2D eigenvalue weighted by Crippen LogP contribution is 2.38. The zero-order valence-electron chi connectivity index (χ0n) is 13.6. The lowest BCUT2D eigenvalue weighted by Gasteiger charge is -2.20. The first-order valence-corrected chi connectivity index (χ1v) is 9.94. The van der Waals surface area contributed by atoms with Gasteiger partial charge in [0.25, 0.3) is 0 Å². The minimum absolute atomic E-state index is 0.0772. The third-order valence-corrected chi connectivity index (χ3v) is 5.67. The van der Waals surface area contributed by atoms with Gasteiger partial charge in [0.1, 0.15) is 5.75 Å². The molecule has 0 N–H and O–H groups in total. The Morgan fingerprint density at radius 1 is 1.20 bits per heavy atom. The second-order valence-electron chi connectivity index (χ2n) is 5.66. The maximum absolute atomic E-state index is 12.1. The minimum atomic E-state index is -0.107. The second kappa shape index (κ2) is 7.60. The van der Waals surface area contributed by atoms with Crippen LogP contribution in [0.4, 0.5) is 0 Å². The van der Waals surface area contributed by atoms with Crippen LogP contribution in [-0.4, -0.2) is 23.7 Å². The van der Waals surface area contributed by atoms with Crippen molar-refractivity contribution in [1.82, 2.24) is 5.01 Å². The van der Waals surface area contributed by atoms with Crippen molar-refractivity contribution in [3.8, 4) is 5.75 Å². The van der Waals surface area contributed by atoms with E-state index in [2.05, 4.69) is 52.9 Å². The molecule has 0 bridgehead atoms. The van der Waals surface area contributed by atoms with Crippen molar-refractivity contribution in [2.24, 2.45) is 5.10 Å². The number of hydrazone groups is 1. The van der Waals surface area contributed by atoms with Crippen LogP contribution in [0.3, 0.4) is 0 Å². The summed E-state index contributed by atoms with van der Waals surface area (Å²) in [6.45, 7) is 1.54. The molecule has 7 heteroatoms. The number of hydrogen-bond acceptors (Lipinski definition) is 3. The summed E-state index contributed by atoms with van der Waals surface area (Å²) < 4.78 is 8.01. The van der Waals surface area contributed by atoms with E-state index in [4.69, 9.17) is 4.74 Å². The first-order valence-electron chi connectivity index (χ1n) is 7.57. The van der Waals surface area contributed by atoms with E-state index in [0.29, 0.717) is 6.42 Å². The van der Waals surface area contributed by atoms with Crippen LogP contribution in [0.1, 0.15) is 30.5 Å². The van der Waals surface area contributed by atoms with Crippen LogP contribution in [0.5, 0.6) is 5.75 Å². The number of halogens is 3. The summed E-state index contributed by atoms with van der Waals surface area (Å²) >= 11 is 10.5. The van der Waals surface area contributed by atoms with E-state index >= 15 is 0 Å². The summed E-state index contributed by atoms with van der Waals surface area (Å²) in [6, 6.07) is 11.8. The number of rotatable bonds is 3. The second-order valence-corrected chi connectivity index (χ2v) is 8.28. The van der Waals surface area contributed by atoms with Crippen molar-refractivity contribution in [2.75, 3.05) is 7.11 Å². The van der Waals surface area contributed by atoms with Gasteiger partial charge >= 0.3 is 0 Å². The first-order chi connectivity index (χ1) is 11.9. The SMILES string of the molecule is COc1c(Br)cc(C2=NN(C(C)=O)C(c3cccc(Br)c3)C2)cc1Br. The van der Waals surface area contributed by atoms with Gasteiger partial charge in [-0.15, -0.1) is 0 Å². The van der Waals surface area contributed by atoms with Gasteiger partial charge in [0.15, 0.2) is 0 Å². The third-order valence-electron chi connectivity index (χ3n) is 4.00. The fraction of sp³-hybridized carbons (Fsp3) is 0.222. The maximum atomic E-state index is 12.1. The van der Waals surface area contributed by atoms with E-state index in [1.165, 1.54) is 6.92 Å². The number of methoxy groups -OCH3 is 1. The molecule has 3 rings (SSSR count). The third kappa shape index (κ3) is 3.83. The molecule has 25 heavy (non-hydrogen) atoms. The lowest BCUT2D eigenvalue weighted by atomic mass is 9.98. The molecule has 1 aliphatic rings. The van der Waals surface area contributed by atoms with E-state index in [9.17, 15) is 4.79 Å². The number of benzene rings is 2. The number of amides is 1. The van der Waals surface area contributed by atoms with Crippen LogP contribution >= 0.6 is 47.8 Å². The van der Waals surface area contributed by atoms with Crippen molar-refractivity contribution in [3.05, 3.63) is 60.9 Å². The summed E-state index contributed by atoms with van der Waals surface area (Å²) in [6.07, 6.45) is 0.654. The maximum Gasteiger partial charge on any atom is 0.240 e. The van der Waals surface area contributed by atoms with Gasteiger partial charge in [-0.25, -0.2) is 5.01 Å². The molecule has 2 aromatic carbocycles. The van der Waals surface area contributed by atoms with Gasteiger partial charge in [0, 0.05) is 23.4 Å². The van der Waals surface area contributed by atoms with Gasteiger partial charge < -0.3 is 4.74 Å². The number of hydrogen-bond donors (Lipinski definition) is 0. The topological polar surface area (TPSA) is 41.9 Å². The predicted molar refractivity (Wildman–Crippen MR) is 109 cm³/mol. The molecule has 4 nitrogen and oxygen atoms in total. The normalized spacial score (nSPS) is 16.8. The fourth-order valence-electron chi connectivity index (χ4n) is 2.87. The van der Waals surface area contributed by atoms with Gasteiger partial charge in [0.05, 0.1) is 27.8 Å². The summed E-state index contributed by atoms with van der Waals surface area (Å²) in [5.41, 5.74) is 2.86. The Balaban J connectivity index is 1.99. The standard InChI is InChI=1S/C18H15Br3N2O2/c1-10(24)23-17(11-4-3-5-13(19)6-11)9-16(22-23)12-7-14(20)18(25-2)15(21)8-12/h3-8,17H,9H2,1-2H3. The Morgan fingerprint density at radius 2 is 1.88 bits per heavy atom. The first kappa shape index (κ1) is 18.6. The van der Waals surface area contributed by atoms with Crippen molar-refractivity contribution >= 4 is 59.4 Å². The zero-order valence-corrected chi connectivity index (χ0v) is 18.4. The van der Waals surface area contributed by atoms with Crippen LogP contribution < -0.4 is 4.74 Å². The van der Waals surface area contributed by atoms with Crippen LogP contribution in [-0.2, 0) is 4.79 Å². The molecule has 1 aliphatic heterocycles. The molecule has 0 radical (unpaired) electrons. The van der Waals surface area contributed by atoms with Gasteiger partial charge in [0.2, 0.25) is 5.91 Å². The summed E-state index contributed by atoms with van der Waals surface area (Å²) in [5, 5.41) is 6.14. The molecule has 0 spiro atoms. The van der Waals surface area contributed by atoms with E-state index in [1.54, 1.807) is 12.1 Å². The number of carbonyl (C=O) groups is 1. The molecule has 1 atom stereocenters. The van der Waals surface area contributed by atoms with Crippen molar-refractivity contribution in [1.29, 1.82) is 0 Å². The molecule has 0 saturated carbocycles. The average Bonchev–Trinajstić information content (AvgIpc) is 3.00. The summed E-state index contributed by atoms with van der Waals surface area (Å²) in [7, 11) is 1.62. The highest BCUT2D eigenvalue weighted by Gasteiger charge is 2.31. The van der Waals surface area contributed by atoms with Crippen LogP contribution in [0.15, 0.2) is 54.9 Å². The highest BCUT2D eigenvalue weighted by molar-refractivity contribution is 9.11. The molecule has 0 aromatic heterocycles. The Morgan fingerprint density at radius 3 is 2.44 bits per heavy atom. The largest absolute Gasteiger partial charge is 0.494 e. The van der Waals surface area contributed by atoms with Crippen LogP contribution in [0.25, 0.3) is 0 Å². The molecule has 130 valence electrons. The van der Waals surface area contributed by atoms with E-state index in [1.807, 2.05) is 36.4 Å². The van der Waals surface area contributed by atoms with Crippen molar-refractivity contribution in [3.63, 3.8) is 0 Å². The zero-order chi connectivity index (χ0) is 18.1. The molecule has 1 amide bonds. The number of nitrogens with zero attached hydrogens (tertiary/aromatic N) is 2. The van der Waals surface area contributed by atoms with Gasteiger partial charge in [-0.3, -0.25) is 4.79 Å². The Kier molecular flexibility index (Phi) is 5.65. The molecule has 1 heterocycles. The lowest BCUT2D eigenvalue weighted by Crippen LogP contribution is -2.24. The van der Waals surface area contributed by atoms with Crippen molar-refractivity contribution < 1.29 is 9.53 Å². The monoisotopic (exact) mass is 528 g/mol. The van der Waals surface area contributed by atoms with Gasteiger partial charge in [-0.05, 0) is 61.7 Å². The summed E-state index contributed by atoms with van der Waals surface area (Å²) in [5.74, 6) is 0.654. The Hall–Kier alpha value is -1.18. The van der Waals surface area contributed by atoms with Crippen LogP contribution in [0, 0.1) is 0 Å². The van der Waals surface area contributed by atoms with E-state index < -0.39 is 0 Å². The Labute approximate surface area is 171 Å². The molecule has 1 unspecified atom stereocenters. The molecular weight excluding hydrogens is 516 g/mol. The predicted octanol–water partition coefficient (Wildman–Crippen LogP) is 5.68. The molecule has 2 aromatic rings. The van der Waals surface area contributed by atoms with Gasteiger partial charge in [-0.1, -0.05) is 28.1 Å². The van der Waals surface area contributed by atoms with Gasteiger partial charge in [-0.2, -0.15) is 5.10 Å². The van der Waals surface area contributed by atoms with Crippen LogP contribution in [0.2, 0.25) is 0 Å². The van der Waals surface area contributed by atoms with E-state index in [-0.39, 0.29) is 11.9 Å². The average molecular weight is 531 g/mol.